The van der Waals surface area contributed by atoms with Crippen molar-refractivity contribution < 1.29 is 26.4 Å². The van der Waals surface area contributed by atoms with E-state index in [0.29, 0.717) is 41.7 Å². The first-order valence-corrected chi connectivity index (χ1v) is 12.5. The number of piperazine rings is 1. The van der Waals surface area contributed by atoms with E-state index in [4.69, 9.17) is 0 Å². The van der Waals surface area contributed by atoms with Gasteiger partial charge in [-0.2, -0.15) is 17.5 Å². The molecule has 0 spiro atoms. The Bertz CT molecular complexity index is 1350. The van der Waals surface area contributed by atoms with Crippen LogP contribution < -0.4 is 10.2 Å². The maximum atomic E-state index is 13.1. The molecule has 0 unspecified atom stereocenters. The number of benzene rings is 2. The van der Waals surface area contributed by atoms with Crippen molar-refractivity contribution in [1.29, 1.82) is 0 Å². The quantitative estimate of drug-likeness (QED) is 0.549. The van der Waals surface area contributed by atoms with E-state index >= 15 is 0 Å². The minimum Gasteiger partial charge on any atom is -0.354 e. The molecule has 0 atom stereocenters. The number of alkyl halides is 3. The molecule has 8 nitrogen and oxygen atoms in total. The Morgan fingerprint density at radius 2 is 1.56 bits per heavy atom. The second kappa shape index (κ2) is 9.86. The van der Waals surface area contributed by atoms with Crippen LogP contribution in [0.15, 0.2) is 59.5 Å². The molecule has 1 fully saturated rings. The van der Waals surface area contributed by atoms with Gasteiger partial charge in [0.15, 0.2) is 5.82 Å². The SMILES string of the molecule is CC(=O)Nc1ccc(S(=O)(=O)N2CCN(c3cc(C)nc(-c4ccc(C(F)(F)F)cc4)n3)CC2)cc1. The molecule has 1 aromatic heterocycles. The minimum atomic E-state index is -4.43. The third-order valence-corrected chi connectivity index (χ3v) is 7.60. The average molecular weight is 520 g/mol. The van der Waals surface area contributed by atoms with Crippen LogP contribution in [0.3, 0.4) is 0 Å². The lowest BCUT2D eigenvalue weighted by Crippen LogP contribution is -2.49. The second-order valence-electron chi connectivity index (χ2n) is 8.36. The van der Waals surface area contributed by atoms with Gasteiger partial charge in [0.05, 0.1) is 10.5 Å². The molecule has 1 amide bonds. The van der Waals surface area contributed by atoms with E-state index in [2.05, 4.69) is 15.3 Å². The summed E-state index contributed by atoms with van der Waals surface area (Å²) in [6.07, 6.45) is -4.43. The third kappa shape index (κ3) is 5.65. The van der Waals surface area contributed by atoms with Crippen molar-refractivity contribution in [2.75, 3.05) is 36.4 Å². The van der Waals surface area contributed by atoms with Gasteiger partial charge in [0.25, 0.3) is 0 Å². The number of rotatable bonds is 5. The van der Waals surface area contributed by atoms with Gasteiger partial charge < -0.3 is 10.2 Å². The van der Waals surface area contributed by atoms with E-state index in [-0.39, 0.29) is 23.9 Å². The van der Waals surface area contributed by atoms with Crippen molar-refractivity contribution in [3.8, 4) is 11.4 Å². The highest BCUT2D eigenvalue weighted by Gasteiger charge is 2.31. The molecule has 2 aromatic carbocycles. The number of halogens is 3. The Labute approximate surface area is 206 Å². The second-order valence-corrected chi connectivity index (χ2v) is 10.3. The fourth-order valence-corrected chi connectivity index (χ4v) is 5.29. The first kappa shape index (κ1) is 25.6. The van der Waals surface area contributed by atoms with E-state index in [1.165, 1.54) is 47.6 Å². The summed E-state index contributed by atoms with van der Waals surface area (Å²) in [5.74, 6) is 0.630. The molecule has 4 rings (SSSR count). The molecule has 0 bridgehead atoms. The monoisotopic (exact) mass is 519 g/mol. The van der Waals surface area contributed by atoms with Crippen molar-refractivity contribution in [1.82, 2.24) is 14.3 Å². The van der Waals surface area contributed by atoms with Gasteiger partial charge in [0.1, 0.15) is 5.82 Å². The Kier molecular flexibility index (Phi) is 7.01. The standard InChI is InChI=1S/C24H24F3N5O3S/c1-16-15-22(30-23(28-16)18-3-5-19(6-4-18)24(25,26)27)31-11-13-32(14-12-31)36(34,35)21-9-7-20(8-10-21)29-17(2)33/h3-10,15H,11-14H2,1-2H3,(H,29,33). The Hall–Kier alpha value is -3.51. The highest BCUT2D eigenvalue weighted by Crippen LogP contribution is 2.31. The summed E-state index contributed by atoms with van der Waals surface area (Å²) in [6.45, 7) is 4.36. The number of aromatic nitrogens is 2. The molecule has 1 saturated heterocycles. The number of nitrogens with one attached hydrogen (secondary N) is 1. The van der Waals surface area contributed by atoms with Crippen molar-refractivity contribution in [2.45, 2.75) is 24.9 Å². The Morgan fingerprint density at radius 1 is 0.944 bits per heavy atom. The molecule has 0 aliphatic carbocycles. The van der Waals surface area contributed by atoms with Gasteiger partial charge >= 0.3 is 6.18 Å². The van der Waals surface area contributed by atoms with Gasteiger partial charge in [-0.05, 0) is 43.3 Å². The molecule has 0 radical (unpaired) electrons. The summed E-state index contributed by atoms with van der Waals surface area (Å²) in [7, 11) is -3.72. The number of carbonyl (C=O) groups excluding carboxylic acids is 1. The fourth-order valence-electron chi connectivity index (χ4n) is 3.87. The van der Waals surface area contributed by atoms with Crippen molar-refractivity contribution >= 4 is 27.4 Å². The number of carbonyl (C=O) groups is 1. The van der Waals surface area contributed by atoms with Crippen molar-refractivity contribution in [3.63, 3.8) is 0 Å². The Balaban J connectivity index is 1.47. The highest BCUT2D eigenvalue weighted by atomic mass is 32.2. The Morgan fingerprint density at radius 3 is 2.11 bits per heavy atom. The number of nitrogens with zero attached hydrogens (tertiary/aromatic N) is 4. The fraction of sp³-hybridized carbons (Fsp3) is 0.292. The van der Waals surface area contributed by atoms with E-state index < -0.39 is 21.8 Å². The van der Waals surface area contributed by atoms with Crippen LogP contribution in [0, 0.1) is 6.92 Å². The van der Waals surface area contributed by atoms with Crippen molar-refractivity contribution in [2.24, 2.45) is 0 Å². The van der Waals surface area contributed by atoms with Crippen LogP contribution in [-0.4, -0.2) is 54.8 Å². The van der Waals surface area contributed by atoms with Gasteiger partial charge in [-0.15, -0.1) is 0 Å². The highest BCUT2D eigenvalue weighted by molar-refractivity contribution is 7.89. The lowest BCUT2D eigenvalue weighted by atomic mass is 10.1. The smallest absolute Gasteiger partial charge is 0.354 e. The minimum absolute atomic E-state index is 0.132. The maximum Gasteiger partial charge on any atom is 0.416 e. The number of aryl methyl sites for hydroxylation is 1. The normalized spacial score (nSPS) is 15.1. The number of anilines is 2. The first-order chi connectivity index (χ1) is 16.9. The molecule has 36 heavy (non-hydrogen) atoms. The van der Waals surface area contributed by atoms with E-state index in [1.807, 2.05) is 4.90 Å². The summed E-state index contributed by atoms with van der Waals surface area (Å²) in [6, 6.07) is 12.4. The maximum absolute atomic E-state index is 13.1. The van der Waals surface area contributed by atoms with Gasteiger partial charge in [-0.1, -0.05) is 12.1 Å². The third-order valence-electron chi connectivity index (χ3n) is 5.69. The van der Waals surface area contributed by atoms with Crippen LogP contribution in [0.25, 0.3) is 11.4 Å². The largest absolute Gasteiger partial charge is 0.416 e. The zero-order valence-electron chi connectivity index (χ0n) is 19.6. The van der Waals surface area contributed by atoms with Gasteiger partial charge in [0.2, 0.25) is 15.9 Å². The molecule has 1 N–H and O–H groups in total. The van der Waals surface area contributed by atoms with Crippen LogP contribution >= 0.6 is 0 Å². The summed E-state index contributed by atoms with van der Waals surface area (Å²) in [5.41, 5.74) is 0.858. The zero-order chi connectivity index (χ0) is 26.1. The summed E-state index contributed by atoms with van der Waals surface area (Å²) < 4.78 is 66.2. The van der Waals surface area contributed by atoms with Crippen LogP contribution in [-0.2, 0) is 21.0 Å². The lowest BCUT2D eigenvalue weighted by Gasteiger charge is -2.34. The summed E-state index contributed by atoms with van der Waals surface area (Å²) in [5, 5.41) is 2.60. The molecule has 2 heterocycles. The van der Waals surface area contributed by atoms with E-state index in [0.717, 1.165) is 12.1 Å². The molecule has 0 saturated carbocycles. The van der Waals surface area contributed by atoms with Crippen LogP contribution in [0.4, 0.5) is 24.7 Å². The zero-order valence-corrected chi connectivity index (χ0v) is 20.4. The van der Waals surface area contributed by atoms with E-state index in [9.17, 15) is 26.4 Å². The molecular weight excluding hydrogens is 495 g/mol. The number of sulfonamides is 1. The van der Waals surface area contributed by atoms with Gasteiger partial charge in [0, 0.05) is 56.1 Å². The first-order valence-electron chi connectivity index (χ1n) is 11.1. The molecule has 12 heteroatoms. The predicted molar refractivity (Wildman–Crippen MR) is 129 cm³/mol. The number of hydrogen-bond acceptors (Lipinski definition) is 6. The van der Waals surface area contributed by atoms with Gasteiger partial charge in [-0.3, -0.25) is 4.79 Å². The summed E-state index contributed by atoms with van der Waals surface area (Å²) >= 11 is 0. The average Bonchev–Trinajstić information content (AvgIpc) is 2.83. The van der Waals surface area contributed by atoms with Crippen LogP contribution in [0.2, 0.25) is 0 Å². The van der Waals surface area contributed by atoms with E-state index in [1.54, 1.807) is 13.0 Å². The predicted octanol–water partition coefficient (Wildman–Crippen LogP) is 3.94. The molecule has 1 aliphatic heterocycles. The van der Waals surface area contributed by atoms with Crippen molar-refractivity contribution in [3.05, 3.63) is 65.9 Å². The topological polar surface area (TPSA) is 95.5 Å². The molecule has 190 valence electrons. The molecular formula is C24H24F3N5O3S. The molecule has 3 aromatic rings. The number of hydrogen-bond donors (Lipinski definition) is 1. The van der Waals surface area contributed by atoms with Gasteiger partial charge in [-0.25, -0.2) is 18.4 Å². The summed E-state index contributed by atoms with van der Waals surface area (Å²) in [4.78, 5) is 22.1. The molecule has 1 aliphatic rings. The lowest BCUT2D eigenvalue weighted by molar-refractivity contribution is -0.137. The number of amides is 1. The van der Waals surface area contributed by atoms with Crippen LogP contribution in [0.1, 0.15) is 18.2 Å². The van der Waals surface area contributed by atoms with Crippen LogP contribution in [0.5, 0.6) is 0 Å².